The van der Waals surface area contributed by atoms with E-state index >= 15 is 0 Å². The number of pyridine rings is 1. The van der Waals surface area contributed by atoms with Crippen molar-refractivity contribution in [3.63, 3.8) is 0 Å². The van der Waals surface area contributed by atoms with E-state index in [1.54, 1.807) is 35.4 Å². The number of hydrogen-bond acceptors (Lipinski definition) is 4. The van der Waals surface area contributed by atoms with Gasteiger partial charge >= 0.3 is 6.03 Å². The fourth-order valence-corrected chi connectivity index (χ4v) is 2.97. The lowest BCUT2D eigenvalue weighted by molar-refractivity contribution is 0.145. The molecule has 3 rings (SSSR count). The number of nitrogens with zero attached hydrogens (tertiary/aromatic N) is 2. The number of nitrogens with one attached hydrogen (secondary N) is 1. The van der Waals surface area contributed by atoms with Gasteiger partial charge in [0.15, 0.2) is 0 Å². The SMILES string of the molecule is COc1ncccc1NC(=O)N1CCC[C@@H](COc2ccc(F)cc2)C1. The van der Waals surface area contributed by atoms with Gasteiger partial charge in [-0.2, -0.15) is 0 Å². The summed E-state index contributed by atoms with van der Waals surface area (Å²) < 4.78 is 23.8. The standard InChI is InChI=1S/C19H22FN3O3/c1-25-18-17(5-2-10-21-18)22-19(24)23-11-3-4-14(12-23)13-26-16-8-6-15(20)7-9-16/h2,5-10,14H,3-4,11-13H2,1H3,(H,22,24)/t14-/m1/s1. The largest absolute Gasteiger partial charge is 0.493 e. The summed E-state index contributed by atoms with van der Waals surface area (Å²) in [6, 6.07) is 9.28. The van der Waals surface area contributed by atoms with Crippen molar-refractivity contribution in [2.75, 3.05) is 32.1 Å². The summed E-state index contributed by atoms with van der Waals surface area (Å²) in [6.07, 6.45) is 3.51. The van der Waals surface area contributed by atoms with Gasteiger partial charge in [-0.1, -0.05) is 0 Å². The zero-order valence-electron chi connectivity index (χ0n) is 14.7. The lowest BCUT2D eigenvalue weighted by Gasteiger charge is -2.32. The van der Waals surface area contributed by atoms with Crippen LogP contribution in [0.1, 0.15) is 12.8 Å². The van der Waals surface area contributed by atoms with Crippen molar-refractivity contribution >= 4 is 11.7 Å². The predicted molar refractivity (Wildman–Crippen MR) is 96.0 cm³/mol. The molecular formula is C19H22FN3O3. The van der Waals surface area contributed by atoms with E-state index in [2.05, 4.69) is 10.3 Å². The molecule has 0 aliphatic carbocycles. The molecule has 1 aliphatic heterocycles. The Morgan fingerprint density at radius 2 is 2.15 bits per heavy atom. The topological polar surface area (TPSA) is 63.7 Å². The normalized spacial score (nSPS) is 16.8. The van der Waals surface area contributed by atoms with Gasteiger partial charge in [0.2, 0.25) is 5.88 Å². The highest BCUT2D eigenvalue weighted by atomic mass is 19.1. The van der Waals surface area contributed by atoms with Crippen molar-refractivity contribution in [1.29, 1.82) is 0 Å². The molecule has 0 radical (unpaired) electrons. The van der Waals surface area contributed by atoms with Gasteiger partial charge in [0.25, 0.3) is 0 Å². The second-order valence-electron chi connectivity index (χ2n) is 6.21. The molecule has 7 heteroatoms. The van der Waals surface area contributed by atoms with Crippen LogP contribution in [0.15, 0.2) is 42.6 Å². The minimum Gasteiger partial charge on any atom is -0.493 e. The molecule has 1 aliphatic rings. The fraction of sp³-hybridized carbons (Fsp3) is 0.368. The van der Waals surface area contributed by atoms with Crippen LogP contribution in [0.25, 0.3) is 0 Å². The third-order valence-electron chi connectivity index (χ3n) is 4.31. The Labute approximate surface area is 151 Å². The zero-order chi connectivity index (χ0) is 18.4. The predicted octanol–water partition coefficient (Wildman–Crippen LogP) is 3.55. The number of ether oxygens (including phenoxy) is 2. The summed E-state index contributed by atoms with van der Waals surface area (Å²) in [5, 5.41) is 2.85. The van der Waals surface area contributed by atoms with E-state index in [1.165, 1.54) is 19.2 Å². The van der Waals surface area contributed by atoms with E-state index < -0.39 is 0 Å². The molecule has 2 amide bonds. The maximum absolute atomic E-state index is 12.9. The molecule has 6 nitrogen and oxygen atoms in total. The van der Waals surface area contributed by atoms with Crippen molar-refractivity contribution in [1.82, 2.24) is 9.88 Å². The maximum Gasteiger partial charge on any atom is 0.322 e. The molecule has 0 unspecified atom stereocenters. The number of carbonyl (C=O) groups is 1. The van der Waals surface area contributed by atoms with Crippen LogP contribution in [0.3, 0.4) is 0 Å². The van der Waals surface area contributed by atoms with Gasteiger partial charge in [-0.15, -0.1) is 0 Å². The minimum atomic E-state index is -0.288. The Kier molecular flexibility index (Phi) is 5.88. The lowest BCUT2D eigenvalue weighted by Crippen LogP contribution is -2.43. The molecule has 0 spiro atoms. The number of anilines is 1. The molecule has 1 atom stereocenters. The van der Waals surface area contributed by atoms with E-state index in [9.17, 15) is 9.18 Å². The smallest absolute Gasteiger partial charge is 0.322 e. The second kappa shape index (κ2) is 8.51. The van der Waals surface area contributed by atoms with E-state index in [1.807, 2.05) is 0 Å². The van der Waals surface area contributed by atoms with Gasteiger partial charge in [0.05, 0.1) is 13.7 Å². The molecule has 26 heavy (non-hydrogen) atoms. The summed E-state index contributed by atoms with van der Waals surface area (Å²) in [7, 11) is 1.52. The van der Waals surface area contributed by atoms with Crippen molar-refractivity contribution in [2.45, 2.75) is 12.8 Å². The Balaban J connectivity index is 1.54. The van der Waals surface area contributed by atoms with Gasteiger partial charge in [-0.05, 0) is 49.2 Å². The Morgan fingerprint density at radius 3 is 2.92 bits per heavy atom. The van der Waals surface area contributed by atoms with Gasteiger partial charge in [0, 0.05) is 25.2 Å². The van der Waals surface area contributed by atoms with E-state index in [0.717, 1.165) is 12.8 Å². The van der Waals surface area contributed by atoms with Gasteiger partial charge in [-0.25, -0.2) is 14.2 Å². The first-order chi connectivity index (χ1) is 12.7. The molecule has 1 aromatic carbocycles. The zero-order valence-corrected chi connectivity index (χ0v) is 14.7. The number of hydrogen-bond donors (Lipinski definition) is 1. The van der Waals surface area contributed by atoms with Crippen LogP contribution in [-0.4, -0.2) is 42.7 Å². The summed E-state index contributed by atoms with van der Waals surface area (Å²) >= 11 is 0. The first-order valence-electron chi connectivity index (χ1n) is 8.59. The monoisotopic (exact) mass is 359 g/mol. The summed E-state index contributed by atoms with van der Waals surface area (Å²) in [6.45, 7) is 1.79. The molecule has 1 N–H and O–H groups in total. The van der Waals surface area contributed by atoms with Crippen molar-refractivity contribution < 1.29 is 18.7 Å². The third-order valence-corrected chi connectivity index (χ3v) is 4.31. The molecule has 0 bridgehead atoms. The average Bonchev–Trinajstić information content (AvgIpc) is 2.68. The lowest BCUT2D eigenvalue weighted by atomic mass is 9.99. The van der Waals surface area contributed by atoms with Crippen LogP contribution in [0.5, 0.6) is 11.6 Å². The number of aromatic nitrogens is 1. The molecule has 2 heterocycles. The quantitative estimate of drug-likeness (QED) is 0.887. The highest BCUT2D eigenvalue weighted by Gasteiger charge is 2.25. The van der Waals surface area contributed by atoms with Crippen molar-refractivity contribution in [2.24, 2.45) is 5.92 Å². The highest BCUT2D eigenvalue weighted by molar-refractivity contribution is 5.90. The average molecular weight is 359 g/mol. The third kappa shape index (κ3) is 4.62. The number of likely N-dealkylation sites (tertiary alicyclic amines) is 1. The number of halogens is 1. The number of benzene rings is 1. The van der Waals surface area contributed by atoms with E-state index in [4.69, 9.17) is 9.47 Å². The number of carbonyl (C=O) groups excluding carboxylic acids is 1. The summed E-state index contributed by atoms with van der Waals surface area (Å²) in [5.74, 6) is 0.959. The Morgan fingerprint density at radius 1 is 1.35 bits per heavy atom. The van der Waals surface area contributed by atoms with Crippen molar-refractivity contribution in [3.8, 4) is 11.6 Å². The van der Waals surface area contributed by atoms with E-state index in [-0.39, 0.29) is 17.8 Å². The number of rotatable bonds is 5. The fourth-order valence-electron chi connectivity index (χ4n) is 2.97. The van der Waals surface area contributed by atoms with Gasteiger partial charge in [-0.3, -0.25) is 0 Å². The first-order valence-corrected chi connectivity index (χ1v) is 8.59. The van der Waals surface area contributed by atoms with Crippen LogP contribution in [0.4, 0.5) is 14.9 Å². The molecule has 1 saturated heterocycles. The number of urea groups is 1. The molecule has 0 saturated carbocycles. The summed E-state index contributed by atoms with van der Waals surface area (Å²) in [5.41, 5.74) is 0.546. The minimum absolute atomic E-state index is 0.178. The maximum atomic E-state index is 12.9. The number of amides is 2. The van der Waals surface area contributed by atoms with Crippen LogP contribution >= 0.6 is 0 Å². The second-order valence-corrected chi connectivity index (χ2v) is 6.21. The Hall–Kier alpha value is -2.83. The Bertz CT molecular complexity index is 739. The molecule has 138 valence electrons. The van der Waals surface area contributed by atoms with Gasteiger partial charge in [0.1, 0.15) is 17.3 Å². The first kappa shape index (κ1) is 18.0. The van der Waals surface area contributed by atoms with Crippen LogP contribution < -0.4 is 14.8 Å². The molecular weight excluding hydrogens is 337 g/mol. The number of methoxy groups -OCH3 is 1. The van der Waals surface area contributed by atoms with Crippen LogP contribution in [-0.2, 0) is 0 Å². The van der Waals surface area contributed by atoms with Crippen LogP contribution in [0.2, 0.25) is 0 Å². The number of piperidine rings is 1. The van der Waals surface area contributed by atoms with E-state index in [0.29, 0.717) is 37.0 Å². The molecule has 1 aromatic heterocycles. The summed E-state index contributed by atoms with van der Waals surface area (Å²) in [4.78, 5) is 18.4. The van der Waals surface area contributed by atoms with Crippen LogP contribution in [0, 0.1) is 11.7 Å². The molecule has 1 fully saturated rings. The van der Waals surface area contributed by atoms with Gasteiger partial charge < -0.3 is 19.7 Å². The van der Waals surface area contributed by atoms with Crippen molar-refractivity contribution in [3.05, 3.63) is 48.4 Å². The molecule has 2 aromatic rings. The highest BCUT2D eigenvalue weighted by Crippen LogP contribution is 2.23.